The summed E-state index contributed by atoms with van der Waals surface area (Å²) in [6.07, 6.45) is 7.43. The molecule has 0 saturated carbocycles. The van der Waals surface area contributed by atoms with E-state index in [1.807, 2.05) is 24.4 Å². The minimum Gasteiger partial charge on any atom is -0.497 e. The van der Waals surface area contributed by atoms with Crippen molar-refractivity contribution in [3.8, 4) is 28.4 Å². The van der Waals surface area contributed by atoms with Crippen LogP contribution in [0, 0.1) is 0 Å². The average Bonchev–Trinajstić information content (AvgIpc) is 2.61. The normalized spacial score (nSPS) is 11.9. The molecule has 3 aromatic rings. The van der Waals surface area contributed by atoms with E-state index >= 15 is 0 Å². The molecule has 2 heterocycles. The Morgan fingerprint density at radius 2 is 1.78 bits per heavy atom. The number of rotatable bonds is 2. The highest BCUT2D eigenvalue weighted by molar-refractivity contribution is 5.85. The standard InChI is InChI=1S/C18H15N3O.ClH/c1-22-15-4-5-16-13(10-15)2-3-14-11-20-18(21-17(14)16)12-6-8-19-9-7-12;/h4-11H,2-3H2,1H3;1H. The van der Waals surface area contributed by atoms with Crippen LogP contribution in [-0.2, 0) is 12.8 Å². The molecule has 2 aromatic heterocycles. The zero-order valence-corrected chi connectivity index (χ0v) is 13.5. The Bertz CT molecular complexity index is 837. The Labute approximate surface area is 141 Å². The Kier molecular flexibility index (Phi) is 4.26. The van der Waals surface area contributed by atoms with Gasteiger partial charge in [-0.05, 0) is 54.3 Å². The highest BCUT2D eigenvalue weighted by atomic mass is 35.5. The second-order valence-corrected chi connectivity index (χ2v) is 5.33. The molecule has 0 radical (unpaired) electrons. The number of ether oxygens (including phenoxy) is 1. The zero-order chi connectivity index (χ0) is 14.9. The predicted octanol–water partition coefficient (Wildman–Crippen LogP) is 3.73. The number of halogens is 1. The fourth-order valence-corrected chi connectivity index (χ4v) is 2.87. The molecule has 116 valence electrons. The lowest BCUT2D eigenvalue weighted by molar-refractivity contribution is 0.414. The van der Waals surface area contributed by atoms with E-state index in [1.165, 1.54) is 16.7 Å². The van der Waals surface area contributed by atoms with Crippen molar-refractivity contribution in [2.75, 3.05) is 7.11 Å². The number of fused-ring (bicyclic) bond motifs is 3. The van der Waals surface area contributed by atoms with Gasteiger partial charge in [-0.2, -0.15) is 0 Å². The Hall–Kier alpha value is -2.46. The van der Waals surface area contributed by atoms with Crippen LogP contribution in [0.4, 0.5) is 0 Å². The summed E-state index contributed by atoms with van der Waals surface area (Å²) in [5.74, 6) is 1.63. The molecular formula is C18H16ClN3O. The number of nitrogens with zero attached hydrogens (tertiary/aromatic N) is 3. The van der Waals surface area contributed by atoms with Crippen LogP contribution in [0.5, 0.6) is 5.75 Å². The van der Waals surface area contributed by atoms with Crippen LogP contribution >= 0.6 is 12.4 Å². The molecule has 0 spiro atoms. The van der Waals surface area contributed by atoms with Crippen LogP contribution in [0.15, 0.2) is 48.9 Å². The number of pyridine rings is 1. The van der Waals surface area contributed by atoms with Crippen molar-refractivity contribution in [3.05, 3.63) is 60.0 Å². The summed E-state index contributed by atoms with van der Waals surface area (Å²) in [5, 5.41) is 0. The number of benzene rings is 1. The molecule has 0 atom stereocenters. The third-order valence-corrected chi connectivity index (χ3v) is 4.03. The van der Waals surface area contributed by atoms with Crippen LogP contribution in [0.3, 0.4) is 0 Å². The van der Waals surface area contributed by atoms with Crippen LogP contribution in [0.2, 0.25) is 0 Å². The lowest BCUT2D eigenvalue weighted by Gasteiger charge is -2.19. The van der Waals surface area contributed by atoms with Gasteiger partial charge in [0.1, 0.15) is 5.75 Å². The third-order valence-electron chi connectivity index (χ3n) is 4.03. The van der Waals surface area contributed by atoms with Crippen molar-refractivity contribution in [2.45, 2.75) is 12.8 Å². The SMILES string of the molecule is COc1ccc2c(c1)CCc1cnc(-c3ccncc3)nc1-2.Cl. The quantitative estimate of drug-likeness (QED) is 0.720. The number of hydrogen-bond acceptors (Lipinski definition) is 4. The van der Waals surface area contributed by atoms with Gasteiger partial charge in [-0.25, -0.2) is 9.97 Å². The van der Waals surface area contributed by atoms with Crippen molar-refractivity contribution in [1.29, 1.82) is 0 Å². The predicted molar refractivity (Wildman–Crippen MR) is 91.9 cm³/mol. The molecule has 0 unspecified atom stereocenters. The fourth-order valence-electron chi connectivity index (χ4n) is 2.87. The van der Waals surface area contributed by atoms with Gasteiger partial charge in [0.15, 0.2) is 5.82 Å². The Morgan fingerprint density at radius 3 is 2.57 bits per heavy atom. The topological polar surface area (TPSA) is 47.9 Å². The highest BCUT2D eigenvalue weighted by Gasteiger charge is 2.19. The van der Waals surface area contributed by atoms with Gasteiger partial charge >= 0.3 is 0 Å². The highest BCUT2D eigenvalue weighted by Crippen LogP contribution is 2.34. The van der Waals surface area contributed by atoms with Crippen molar-refractivity contribution >= 4 is 12.4 Å². The van der Waals surface area contributed by atoms with Crippen LogP contribution in [-0.4, -0.2) is 22.1 Å². The lowest BCUT2D eigenvalue weighted by atomic mass is 9.89. The summed E-state index contributed by atoms with van der Waals surface area (Å²) in [4.78, 5) is 13.3. The number of hydrogen-bond donors (Lipinski definition) is 0. The first-order valence-electron chi connectivity index (χ1n) is 7.29. The van der Waals surface area contributed by atoms with Crippen molar-refractivity contribution in [3.63, 3.8) is 0 Å². The molecule has 0 fully saturated rings. The van der Waals surface area contributed by atoms with E-state index in [4.69, 9.17) is 9.72 Å². The van der Waals surface area contributed by atoms with E-state index in [2.05, 4.69) is 22.1 Å². The summed E-state index contributed by atoms with van der Waals surface area (Å²) in [6, 6.07) is 10.0. The maximum absolute atomic E-state index is 5.32. The monoisotopic (exact) mass is 325 g/mol. The molecule has 4 rings (SSSR count). The van der Waals surface area contributed by atoms with E-state index in [-0.39, 0.29) is 12.4 Å². The summed E-state index contributed by atoms with van der Waals surface area (Å²) in [7, 11) is 1.70. The molecule has 23 heavy (non-hydrogen) atoms. The van der Waals surface area contributed by atoms with Crippen LogP contribution < -0.4 is 4.74 Å². The molecular weight excluding hydrogens is 310 g/mol. The summed E-state index contributed by atoms with van der Waals surface area (Å²) in [6.45, 7) is 0. The van der Waals surface area contributed by atoms with E-state index < -0.39 is 0 Å². The third kappa shape index (κ3) is 2.78. The zero-order valence-electron chi connectivity index (χ0n) is 12.7. The lowest BCUT2D eigenvalue weighted by Crippen LogP contribution is -2.07. The summed E-state index contributed by atoms with van der Waals surface area (Å²) < 4.78 is 5.32. The molecule has 1 aromatic carbocycles. The molecule has 1 aliphatic rings. The molecule has 0 N–H and O–H groups in total. The second-order valence-electron chi connectivity index (χ2n) is 5.33. The van der Waals surface area contributed by atoms with Crippen molar-refractivity contribution in [1.82, 2.24) is 15.0 Å². The fraction of sp³-hybridized carbons (Fsp3) is 0.167. The van der Waals surface area contributed by atoms with Gasteiger partial charge in [-0.3, -0.25) is 4.98 Å². The first-order chi connectivity index (χ1) is 10.8. The first kappa shape index (κ1) is 15.4. The van der Waals surface area contributed by atoms with Gasteiger partial charge in [-0.1, -0.05) is 0 Å². The van der Waals surface area contributed by atoms with Gasteiger partial charge in [0.2, 0.25) is 0 Å². The number of methoxy groups -OCH3 is 1. The van der Waals surface area contributed by atoms with Gasteiger partial charge in [0.05, 0.1) is 12.8 Å². The van der Waals surface area contributed by atoms with E-state index in [1.54, 1.807) is 19.5 Å². The van der Waals surface area contributed by atoms with E-state index in [0.29, 0.717) is 0 Å². The minimum atomic E-state index is 0. The van der Waals surface area contributed by atoms with Gasteiger partial charge in [0, 0.05) is 29.7 Å². The molecule has 0 bridgehead atoms. The van der Waals surface area contributed by atoms with E-state index in [9.17, 15) is 0 Å². The molecule has 4 nitrogen and oxygen atoms in total. The van der Waals surface area contributed by atoms with Gasteiger partial charge in [0.25, 0.3) is 0 Å². The Morgan fingerprint density at radius 1 is 1.00 bits per heavy atom. The maximum atomic E-state index is 5.32. The molecule has 5 heteroatoms. The number of aryl methyl sites for hydroxylation is 2. The molecule has 1 aliphatic carbocycles. The summed E-state index contributed by atoms with van der Waals surface area (Å²) in [5.41, 5.74) is 5.69. The Balaban J connectivity index is 0.00000156. The van der Waals surface area contributed by atoms with Crippen molar-refractivity contribution < 1.29 is 4.74 Å². The minimum absolute atomic E-state index is 0. The second kappa shape index (κ2) is 6.34. The smallest absolute Gasteiger partial charge is 0.159 e. The average molecular weight is 326 g/mol. The van der Waals surface area contributed by atoms with Crippen molar-refractivity contribution in [2.24, 2.45) is 0 Å². The molecule has 0 saturated heterocycles. The first-order valence-corrected chi connectivity index (χ1v) is 7.29. The number of aromatic nitrogens is 3. The van der Waals surface area contributed by atoms with Crippen LogP contribution in [0.25, 0.3) is 22.6 Å². The van der Waals surface area contributed by atoms with Gasteiger partial charge < -0.3 is 4.74 Å². The molecule has 0 amide bonds. The van der Waals surface area contributed by atoms with E-state index in [0.717, 1.165) is 35.7 Å². The largest absolute Gasteiger partial charge is 0.497 e. The molecule has 0 aliphatic heterocycles. The van der Waals surface area contributed by atoms with Crippen LogP contribution in [0.1, 0.15) is 11.1 Å². The maximum Gasteiger partial charge on any atom is 0.159 e. The summed E-state index contributed by atoms with van der Waals surface area (Å²) >= 11 is 0. The van der Waals surface area contributed by atoms with Gasteiger partial charge in [-0.15, -0.1) is 12.4 Å².